The van der Waals surface area contributed by atoms with Crippen LogP contribution in [-0.4, -0.2) is 111 Å². The summed E-state index contributed by atoms with van der Waals surface area (Å²) in [5.74, 6) is -1.10. The van der Waals surface area contributed by atoms with Crippen molar-refractivity contribution in [1.82, 2.24) is 20.0 Å². The van der Waals surface area contributed by atoms with E-state index in [-0.39, 0.29) is 70.7 Å². The van der Waals surface area contributed by atoms with E-state index in [9.17, 15) is 29.7 Å². The third-order valence-electron chi connectivity index (χ3n) is 9.60. The fourth-order valence-corrected chi connectivity index (χ4v) is 8.36. The van der Waals surface area contributed by atoms with Gasteiger partial charge in [-0.2, -0.15) is 0 Å². The number of hydrogen-bond acceptors (Lipinski definition) is 8. The predicted octanol–water partition coefficient (Wildman–Crippen LogP) is 3.36. The van der Waals surface area contributed by atoms with E-state index in [1.165, 1.54) is 17.0 Å². The summed E-state index contributed by atoms with van der Waals surface area (Å²) in [6, 6.07) is 4.88. The first-order valence-corrected chi connectivity index (χ1v) is 16.7. The van der Waals surface area contributed by atoms with Gasteiger partial charge in [-0.15, -0.1) is 0 Å². The van der Waals surface area contributed by atoms with Gasteiger partial charge in [-0.05, 0) is 43.0 Å². The third-order valence-corrected chi connectivity index (χ3v) is 11.2. The summed E-state index contributed by atoms with van der Waals surface area (Å²) in [6.07, 6.45) is 0.578. The average molecular weight is 716 g/mol. The summed E-state index contributed by atoms with van der Waals surface area (Å²) in [6.45, 7) is 0.303. The smallest absolute Gasteiger partial charge is 0.248 e. The van der Waals surface area contributed by atoms with Crippen molar-refractivity contribution in [1.29, 1.82) is 0 Å². The van der Waals surface area contributed by atoms with Crippen molar-refractivity contribution in [2.75, 3.05) is 39.4 Å². The van der Waals surface area contributed by atoms with Gasteiger partial charge in [0.2, 0.25) is 17.7 Å². The first-order chi connectivity index (χ1) is 22.0. The van der Waals surface area contributed by atoms with E-state index in [1.54, 1.807) is 17.0 Å². The molecule has 46 heavy (non-hydrogen) atoms. The molecule has 0 spiro atoms. The molecule has 0 saturated carbocycles. The molecule has 2 aromatic carbocycles. The highest BCUT2D eigenvalue weighted by Crippen LogP contribution is 2.48. The van der Waals surface area contributed by atoms with E-state index >= 15 is 0 Å². The van der Waals surface area contributed by atoms with Gasteiger partial charge in [0.1, 0.15) is 18.1 Å². The van der Waals surface area contributed by atoms with Crippen molar-refractivity contribution >= 4 is 64.1 Å². The molecule has 4 aliphatic rings. The largest absolute Gasteiger partial charge is 0.508 e. The Kier molecular flexibility index (Phi) is 9.83. The van der Waals surface area contributed by atoms with Crippen molar-refractivity contribution in [2.24, 2.45) is 0 Å². The number of benzene rings is 2. The molecule has 0 radical (unpaired) electrons. The van der Waals surface area contributed by atoms with E-state index in [1.807, 2.05) is 4.90 Å². The van der Waals surface area contributed by atoms with Gasteiger partial charge in [0.05, 0.1) is 38.8 Å². The lowest BCUT2D eigenvalue weighted by molar-refractivity contribution is -0.143. The van der Waals surface area contributed by atoms with E-state index in [4.69, 9.17) is 51.1 Å². The fourth-order valence-electron chi connectivity index (χ4n) is 7.41. The van der Waals surface area contributed by atoms with Crippen molar-refractivity contribution < 1.29 is 34.4 Å². The zero-order chi connectivity index (χ0) is 32.9. The third kappa shape index (κ3) is 6.23. The van der Waals surface area contributed by atoms with Gasteiger partial charge in [0, 0.05) is 62.1 Å². The first-order valence-electron chi connectivity index (χ1n) is 15.2. The zero-order valence-corrected chi connectivity index (χ0v) is 27.7. The predicted molar refractivity (Wildman–Crippen MR) is 172 cm³/mol. The van der Waals surface area contributed by atoms with Gasteiger partial charge in [-0.3, -0.25) is 19.3 Å². The topological polar surface area (TPSA) is 143 Å². The molecular weight excluding hydrogens is 682 g/mol. The minimum Gasteiger partial charge on any atom is -0.508 e. The molecule has 3 amide bonds. The maximum atomic E-state index is 13.3. The Morgan fingerprint density at radius 1 is 0.913 bits per heavy atom. The van der Waals surface area contributed by atoms with Crippen LogP contribution in [0, 0.1) is 0 Å². The standard InChI is InChI=1S/C31H34Cl4N4O7/c32-19-1-3-22(42)27(29(19)34)15-8-21-31(45)36-17(13-40)11-39(21)26(9-15)46-23-4-2-20(33)30(35)28(23)16-7-18-12-37(25(44)14-41)6-5-24(43)38(18)10-16/h1-4,15-18,21,26,40-42H,5-14H2,(H,36,45)/t15-,16+,17+,18+,21-,26?/m1/s1. The number of piperidine rings is 1. The molecule has 4 aliphatic heterocycles. The van der Waals surface area contributed by atoms with Gasteiger partial charge in [0.25, 0.3) is 0 Å². The molecule has 15 heteroatoms. The number of phenolic OH excluding ortho intramolecular Hbond substituents is 1. The van der Waals surface area contributed by atoms with Crippen molar-refractivity contribution in [3.63, 3.8) is 0 Å². The van der Waals surface area contributed by atoms with Crippen molar-refractivity contribution in [3.8, 4) is 11.5 Å². The second-order valence-electron chi connectivity index (χ2n) is 12.3. The van der Waals surface area contributed by atoms with Crippen molar-refractivity contribution in [3.05, 3.63) is 55.5 Å². The van der Waals surface area contributed by atoms with Gasteiger partial charge in [0.15, 0.2) is 6.23 Å². The van der Waals surface area contributed by atoms with Crippen LogP contribution in [0.25, 0.3) is 0 Å². The molecular formula is C31H34Cl4N4O7. The number of carbonyl (C=O) groups is 3. The molecule has 11 nitrogen and oxygen atoms in total. The van der Waals surface area contributed by atoms with E-state index in [0.29, 0.717) is 54.3 Å². The molecule has 0 aliphatic carbocycles. The second-order valence-corrected chi connectivity index (χ2v) is 13.9. The molecule has 4 saturated heterocycles. The monoisotopic (exact) mass is 714 g/mol. The molecule has 1 unspecified atom stereocenters. The Bertz CT molecular complexity index is 1550. The number of aliphatic hydroxyl groups is 2. The van der Waals surface area contributed by atoms with Crippen LogP contribution in [0.2, 0.25) is 20.1 Å². The SMILES string of the molecule is O=C1N[C@H](CO)CN2C(Oc3ccc(Cl)c(Cl)c3[C@H]3C[C@H]4CN(C(=O)CO)CCC(=O)N4C3)C[C@H](c3c(O)ccc(Cl)c3Cl)C[C@H]12. The molecule has 4 N–H and O–H groups in total. The van der Waals surface area contributed by atoms with Gasteiger partial charge in [-0.1, -0.05) is 46.4 Å². The molecule has 4 heterocycles. The fraction of sp³-hybridized carbons (Fsp3) is 0.516. The number of halogens is 4. The molecule has 6 rings (SSSR count). The average Bonchev–Trinajstić information content (AvgIpc) is 3.39. The molecule has 2 aromatic rings. The van der Waals surface area contributed by atoms with Crippen LogP contribution in [0.3, 0.4) is 0 Å². The first kappa shape index (κ1) is 33.4. The van der Waals surface area contributed by atoms with Crippen LogP contribution < -0.4 is 10.1 Å². The van der Waals surface area contributed by atoms with E-state index in [0.717, 1.165) is 0 Å². The summed E-state index contributed by atoms with van der Waals surface area (Å²) in [5, 5.41) is 34.1. The number of carbonyl (C=O) groups excluding carboxylic acids is 3. The number of nitrogens with one attached hydrogen (secondary N) is 1. The van der Waals surface area contributed by atoms with Crippen LogP contribution in [0.15, 0.2) is 24.3 Å². The molecule has 4 fully saturated rings. The molecule has 248 valence electrons. The normalized spacial score (nSPS) is 28.4. The highest BCUT2D eigenvalue weighted by atomic mass is 35.5. The van der Waals surface area contributed by atoms with Crippen LogP contribution in [-0.2, 0) is 14.4 Å². The number of ether oxygens (including phenoxy) is 1. The number of piperazine rings is 1. The van der Waals surface area contributed by atoms with Gasteiger partial charge < -0.3 is 35.2 Å². The van der Waals surface area contributed by atoms with Crippen LogP contribution >= 0.6 is 46.4 Å². The lowest BCUT2D eigenvalue weighted by Crippen LogP contribution is -2.66. The van der Waals surface area contributed by atoms with E-state index in [2.05, 4.69) is 5.32 Å². The van der Waals surface area contributed by atoms with Crippen LogP contribution in [0.5, 0.6) is 11.5 Å². The maximum Gasteiger partial charge on any atom is 0.248 e. The maximum absolute atomic E-state index is 13.3. The Morgan fingerprint density at radius 2 is 1.63 bits per heavy atom. The van der Waals surface area contributed by atoms with Gasteiger partial charge >= 0.3 is 0 Å². The highest BCUT2D eigenvalue weighted by Gasteiger charge is 2.47. The summed E-state index contributed by atoms with van der Waals surface area (Å²) in [4.78, 5) is 43.9. The summed E-state index contributed by atoms with van der Waals surface area (Å²) in [7, 11) is 0. The lowest BCUT2D eigenvalue weighted by atomic mass is 9.82. The van der Waals surface area contributed by atoms with Gasteiger partial charge in [-0.25, -0.2) is 0 Å². The minimum absolute atomic E-state index is 0.0387. The summed E-state index contributed by atoms with van der Waals surface area (Å²) < 4.78 is 6.75. The molecule has 0 bridgehead atoms. The Hall–Kier alpha value is -2.51. The van der Waals surface area contributed by atoms with Crippen LogP contribution in [0.4, 0.5) is 0 Å². The number of hydrogen-bond donors (Lipinski definition) is 4. The number of phenols is 1. The Labute approximate surface area is 285 Å². The molecule has 0 aromatic heterocycles. The number of aliphatic hydroxyl groups excluding tert-OH is 2. The number of rotatable bonds is 6. The van der Waals surface area contributed by atoms with Crippen molar-refractivity contribution in [2.45, 2.75) is 61.9 Å². The Morgan fingerprint density at radius 3 is 2.35 bits per heavy atom. The zero-order valence-electron chi connectivity index (χ0n) is 24.7. The minimum atomic E-state index is -0.708. The Balaban J connectivity index is 1.35. The molecule has 6 atom stereocenters. The number of nitrogens with zero attached hydrogens (tertiary/aromatic N) is 3. The van der Waals surface area contributed by atoms with E-state index < -0.39 is 36.7 Å². The number of fused-ring (bicyclic) bond motifs is 2. The van der Waals surface area contributed by atoms with Crippen LogP contribution in [0.1, 0.15) is 48.6 Å². The summed E-state index contributed by atoms with van der Waals surface area (Å²) >= 11 is 26.3. The number of aromatic hydroxyl groups is 1. The highest BCUT2D eigenvalue weighted by molar-refractivity contribution is 6.43. The quantitative estimate of drug-likeness (QED) is 0.357. The number of amides is 3. The lowest BCUT2D eigenvalue weighted by Gasteiger charge is -2.48. The second kappa shape index (κ2) is 13.5. The summed E-state index contributed by atoms with van der Waals surface area (Å²) in [5.41, 5.74) is 1.04.